The number of benzene rings is 1. The second-order valence-corrected chi connectivity index (χ2v) is 8.71. The highest BCUT2D eigenvalue weighted by atomic mass is 16.5. The third-order valence-corrected chi connectivity index (χ3v) is 4.21. The summed E-state index contributed by atoms with van der Waals surface area (Å²) >= 11 is 0. The van der Waals surface area contributed by atoms with Crippen molar-refractivity contribution in [2.75, 3.05) is 7.11 Å². The number of ether oxygens (including phenoxy) is 1. The standard InChI is InChI=1S/C21H31NO2/c1-20(2,3)15-17-13-19(24-22-17)11-12-21(4,5)14-16-7-9-18(23-6)10-8-16/h7-10,13H,11-12,14-15H2,1-6H3. The van der Waals surface area contributed by atoms with Crippen molar-refractivity contribution in [3.8, 4) is 5.75 Å². The van der Waals surface area contributed by atoms with E-state index in [0.29, 0.717) is 0 Å². The van der Waals surface area contributed by atoms with Crippen LogP contribution in [0.25, 0.3) is 0 Å². The minimum atomic E-state index is 0.214. The lowest BCUT2D eigenvalue weighted by Crippen LogP contribution is -2.16. The molecule has 1 aromatic carbocycles. The normalized spacial score (nSPS) is 12.4. The Balaban J connectivity index is 1.89. The number of methoxy groups -OCH3 is 1. The number of hydrogen-bond acceptors (Lipinski definition) is 3. The first-order valence-corrected chi connectivity index (χ1v) is 8.74. The topological polar surface area (TPSA) is 35.3 Å². The number of nitrogens with zero attached hydrogens (tertiary/aromatic N) is 1. The molecule has 0 saturated heterocycles. The number of rotatable bonds is 7. The Hall–Kier alpha value is -1.77. The first-order chi connectivity index (χ1) is 11.2. The van der Waals surface area contributed by atoms with Crippen molar-refractivity contribution in [2.45, 2.75) is 60.3 Å². The van der Waals surface area contributed by atoms with Crippen molar-refractivity contribution in [1.82, 2.24) is 5.16 Å². The molecular formula is C21H31NO2. The molecule has 1 heterocycles. The Morgan fingerprint density at radius 3 is 2.25 bits per heavy atom. The zero-order valence-electron chi connectivity index (χ0n) is 16.0. The lowest BCUT2D eigenvalue weighted by atomic mass is 9.81. The van der Waals surface area contributed by atoms with Gasteiger partial charge in [0.15, 0.2) is 0 Å². The van der Waals surface area contributed by atoms with Gasteiger partial charge in [-0.3, -0.25) is 0 Å². The summed E-state index contributed by atoms with van der Waals surface area (Å²) in [6.07, 6.45) is 4.00. The van der Waals surface area contributed by atoms with Gasteiger partial charge in [0.1, 0.15) is 11.5 Å². The summed E-state index contributed by atoms with van der Waals surface area (Å²) in [6.45, 7) is 11.3. The molecule has 0 saturated carbocycles. The van der Waals surface area contributed by atoms with Gasteiger partial charge in [-0.2, -0.15) is 0 Å². The van der Waals surface area contributed by atoms with Gasteiger partial charge >= 0.3 is 0 Å². The molecule has 0 unspecified atom stereocenters. The predicted molar refractivity (Wildman–Crippen MR) is 98.5 cm³/mol. The van der Waals surface area contributed by atoms with Crippen LogP contribution in [-0.4, -0.2) is 12.3 Å². The summed E-state index contributed by atoms with van der Waals surface area (Å²) in [5, 5.41) is 4.22. The van der Waals surface area contributed by atoms with Crippen molar-refractivity contribution in [2.24, 2.45) is 10.8 Å². The first-order valence-electron chi connectivity index (χ1n) is 8.74. The van der Waals surface area contributed by atoms with E-state index in [0.717, 1.165) is 42.9 Å². The van der Waals surface area contributed by atoms with E-state index in [1.807, 2.05) is 12.1 Å². The van der Waals surface area contributed by atoms with Crippen LogP contribution in [0.1, 0.15) is 58.1 Å². The third-order valence-electron chi connectivity index (χ3n) is 4.21. The maximum absolute atomic E-state index is 5.52. The van der Waals surface area contributed by atoms with Crippen molar-refractivity contribution < 1.29 is 9.26 Å². The van der Waals surface area contributed by atoms with Crippen LogP contribution in [0, 0.1) is 10.8 Å². The molecule has 0 atom stereocenters. The van der Waals surface area contributed by atoms with Gasteiger partial charge in [0.05, 0.1) is 12.8 Å². The molecule has 0 amide bonds. The molecule has 24 heavy (non-hydrogen) atoms. The van der Waals surface area contributed by atoms with Crippen molar-refractivity contribution >= 4 is 0 Å². The summed E-state index contributed by atoms with van der Waals surface area (Å²) in [7, 11) is 1.70. The van der Waals surface area contributed by atoms with E-state index in [2.05, 4.69) is 58.0 Å². The van der Waals surface area contributed by atoms with E-state index in [9.17, 15) is 0 Å². The lowest BCUT2D eigenvalue weighted by molar-refractivity contribution is 0.303. The van der Waals surface area contributed by atoms with Gasteiger partial charge in [0, 0.05) is 12.5 Å². The zero-order valence-corrected chi connectivity index (χ0v) is 16.0. The van der Waals surface area contributed by atoms with Crippen LogP contribution in [0.2, 0.25) is 0 Å². The molecule has 0 radical (unpaired) electrons. The van der Waals surface area contributed by atoms with Gasteiger partial charge in [-0.15, -0.1) is 0 Å². The summed E-state index contributed by atoms with van der Waals surface area (Å²) in [5.74, 6) is 1.90. The quantitative estimate of drug-likeness (QED) is 0.675. The number of hydrogen-bond donors (Lipinski definition) is 0. The molecular weight excluding hydrogens is 298 g/mol. The maximum atomic E-state index is 5.52. The average molecular weight is 329 g/mol. The Kier molecular flexibility index (Phi) is 5.74. The van der Waals surface area contributed by atoms with E-state index < -0.39 is 0 Å². The molecule has 0 aliphatic carbocycles. The highest BCUT2D eigenvalue weighted by Gasteiger charge is 2.20. The fourth-order valence-corrected chi connectivity index (χ4v) is 2.95. The van der Waals surface area contributed by atoms with Gasteiger partial charge in [0.25, 0.3) is 0 Å². The van der Waals surface area contributed by atoms with Crippen LogP contribution in [0.5, 0.6) is 5.75 Å². The van der Waals surface area contributed by atoms with E-state index in [1.54, 1.807) is 7.11 Å². The van der Waals surface area contributed by atoms with E-state index in [1.165, 1.54) is 5.56 Å². The molecule has 1 aromatic heterocycles. The second-order valence-electron chi connectivity index (χ2n) is 8.71. The highest BCUT2D eigenvalue weighted by Crippen LogP contribution is 2.29. The molecule has 3 nitrogen and oxygen atoms in total. The van der Waals surface area contributed by atoms with Crippen LogP contribution in [0.15, 0.2) is 34.9 Å². The highest BCUT2D eigenvalue weighted by molar-refractivity contribution is 5.27. The Bertz CT molecular complexity index is 633. The molecule has 0 spiro atoms. The van der Waals surface area contributed by atoms with Crippen LogP contribution in [0.4, 0.5) is 0 Å². The third kappa shape index (κ3) is 6.03. The zero-order chi connectivity index (χ0) is 17.8. The van der Waals surface area contributed by atoms with Gasteiger partial charge in [-0.1, -0.05) is 51.9 Å². The van der Waals surface area contributed by atoms with Crippen LogP contribution < -0.4 is 4.74 Å². The molecule has 2 rings (SSSR count). The number of aryl methyl sites for hydroxylation is 1. The molecule has 0 bridgehead atoms. The van der Waals surface area contributed by atoms with Crippen molar-refractivity contribution in [3.05, 3.63) is 47.3 Å². The fourth-order valence-electron chi connectivity index (χ4n) is 2.95. The minimum Gasteiger partial charge on any atom is -0.497 e. The van der Waals surface area contributed by atoms with E-state index >= 15 is 0 Å². The van der Waals surface area contributed by atoms with Gasteiger partial charge in [-0.25, -0.2) is 0 Å². The van der Waals surface area contributed by atoms with E-state index in [-0.39, 0.29) is 10.8 Å². The smallest absolute Gasteiger partial charge is 0.137 e. The molecule has 3 heteroatoms. The fraction of sp³-hybridized carbons (Fsp3) is 0.571. The SMILES string of the molecule is COc1ccc(CC(C)(C)CCc2cc(CC(C)(C)C)no2)cc1. The van der Waals surface area contributed by atoms with Gasteiger partial charge in [-0.05, 0) is 47.8 Å². The predicted octanol–water partition coefficient (Wildman–Crippen LogP) is 5.47. The lowest BCUT2D eigenvalue weighted by Gasteiger charge is -2.24. The van der Waals surface area contributed by atoms with Crippen molar-refractivity contribution in [1.29, 1.82) is 0 Å². The Morgan fingerprint density at radius 2 is 1.67 bits per heavy atom. The van der Waals surface area contributed by atoms with Gasteiger partial charge < -0.3 is 9.26 Å². The largest absolute Gasteiger partial charge is 0.497 e. The summed E-state index contributed by atoms with van der Waals surface area (Å²) in [6, 6.07) is 10.5. The van der Waals surface area contributed by atoms with Gasteiger partial charge in [0.2, 0.25) is 0 Å². The summed E-state index contributed by atoms with van der Waals surface area (Å²) < 4.78 is 10.7. The Labute approximate surface area is 146 Å². The number of aromatic nitrogens is 1. The van der Waals surface area contributed by atoms with Crippen LogP contribution in [-0.2, 0) is 19.3 Å². The molecule has 0 aliphatic rings. The Morgan fingerprint density at radius 1 is 1.00 bits per heavy atom. The van der Waals surface area contributed by atoms with E-state index in [4.69, 9.17) is 9.26 Å². The minimum absolute atomic E-state index is 0.214. The maximum Gasteiger partial charge on any atom is 0.137 e. The van der Waals surface area contributed by atoms with Crippen molar-refractivity contribution in [3.63, 3.8) is 0 Å². The molecule has 132 valence electrons. The molecule has 2 aromatic rings. The average Bonchev–Trinajstić information content (AvgIpc) is 2.91. The molecule has 0 N–H and O–H groups in total. The monoisotopic (exact) mass is 329 g/mol. The molecule has 0 fully saturated rings. The molecule has 0 aliphatic heterocycles. The summed E-state index contributed by atoms with van der Waals surface area (Å²) in [4.78, 5) is 0. The van der Waals surface area contributed by atoms with Crippen LogP contribution >= 0.6 is 0 Å². The summed E-state index contributed by atoms with van der Waals surface area (Å²) in [5.41, 5.74) is 2.85. The first kappa shape index (κ1) is 18.6. The van der Waals surface area contributed by atoms with Crippen LogP contribution in [0.3, 0.4) is 0 Å². The second kappa shape index (κ2) is 7.42.